The summed E-state index contributed by atoms with van der Waals surface area (Å²) in [6, 6.07) is 0. The highest BCUT2D eigenvalue weighted by atomic mass is 31.2. The third kappa shape index (κ3) is 8.09. The summed E-state index contributed by atoms with van der Waals surface area (Å²) >= 11 is 0. The fraction of sp³-hybridized carbons (Fsp3) is 1.00. The first-order valence-electron chi connectivity index (χ1n) is 4.15. The molecule has 0 aromatic heterocycles. The maximum atomic E-state index is 11.1. The average Bonchev–Trinajstić information content (AvgIpc) is 1.83. The zero-order valence-electron chi connectivity index (χ0n) is 7.96. The van der Waals surface area contributed by atoms with Gasteiger partial charge in [-0.25, -0.2) is 0 Å². The Hall–Kier alpha value is 0.190. The molecule has 0 radical (unpaired) electrons. The Bertz CT molecular complexity index is 139. The molecule has 0 rings (SSSR count). The van der Waals surface area contributed by atoms with Crippen molar-refractivity contribution < 1.29 is 9.09 Å². The van der Waals surface area contributed by atoms with Crippen LogP contribution in [0.1, 0.15) is 26.7 Å². The highest BCUT2D eigenvalue weighted by molar-refractivity contribution is 7.57. The second-order valence-corrected chi connectivity index (χ2v) is 6.20. The number of hydrogen-bond acceptors (Lipinski definition) is 2. The summed E-state index contributed by atoms with van der Waals surface area (Å²) in [4.78, 5) is 0. The van der Waals surface area contributed by atoms with Gasteiger partial charge in [-0.3, -0.25) is 4.57 Å². The normalized spacial score (nSPS) is 14.9. The van der Waals surface area contributed by atoms with Crippen LogP contribution in [-0.4, -0.2) is 19.9 Å². The van der Waals surface area contributed by atoms with Crippen molar-refractivity contribution in [3.05, 3.63) is 0 Å². The fourth-order valence-electron chi connectivity index (χ4n) is 0.883. The summed E-state index contributed by atoms with van der Waals surface area (Å²) in [7, 11) is -2.24. The van der Waals surface area contributed by atoms with Gasteiger partial charge < -0.3 is 4.52 Å². The molecule has 0 aromatic rings. The van der Waals surface area contributed by atoms with Gasteiger partial charge in [-0.15, -0.1) is 0 Å². The van der Waals surface area contributed by atoms with E-state index < -0.39 is 7.37 Å². The van der Waals surface area contributed by atoms with Gasteiger partial charge in [-0.2, -0.15) is 0 Å². The quantitative estimate of drug-likeness (QED) is 0.605. The van der Waals surface area contributed by atoms with Crippen molar-refractivity contribution in [2.45, 2.75) is 26.7 Å². The molecule has 0 heterocycles. The molecule has 0 aromatic carbocycles. The lowest BCUT2D eigenvalue weighted by Crippen LogP contribution is -2.03. The average molecular weight is 178 g/mol. The molecule has 68 valence electrons. The van der Waals surface area contributed by atoms with Crippen molar-refractivity contribution >= 4 is 7.37 Å². The smallest absolute Gasteiger partial charge is 0.197 e. The molecule has 1 atom stereocenters. The monoisotopic (exact) mass is 178 g/mol. The van der Waals surface area contributed by atoms with Crippen molar-refractivity contribution in [3.63, 3.8) is 0 Å². The first-order valence-corrected chi connectivity index (χ1v) is 6.67. The summed E-state index contributed by atoms with van der Waals surface area (Å²) in [6.45, 7) is 8.22. The third-order valence-electron chi connectivity index (χ3n) is 1.45. The predicted octanol–water partition coefficient (Wildman–Crippen LogP) is 2.98. The molecule has 11 heavy (non-hydrogen) atoms. The lowest BCUT2D eigenvalue weighted by molar-refractivity contribution is 0.257. The minimum Gasteiger partial charge on any atom is -0.329 e. The van der Waals surface area contributed by atoms with E-state index in [9.17, 15) is 4.57 Å². The Balaban J connectivity index is 3.46. The van der Waals surface area contributed by atoms with Gasteiger partial charge in [0, 0.05) is 13.3 Å². The predicted molar refractivity (Wildman–Crippen MR) is 49.5 cm³/mol. The van der Waals surface area contributed by atoms with Crippen LogP contribution in [0.2, 0.25) is 0 Å². The molecule has 0 aliphatic carbocycles. The minimum atomic E-state index is -2.24. The van der Waals surface area contributed by atoms with E-state index in [0.29, 0.717) is 12.5 Å². The molecule has 0 N–H and O–H groups in total. The van der Waals surface area contributed by atoms with Crippen molar-refractivity contribution in [1.82, 2.24) is 0 Å². The van der Waals surface area contributed by atoms with Crippen LogP contribution < -0.4 is 0 Å². The van der Waals surface area contributed by atoms with Gasteiger partial charge in [0.15, 0.2) is 7.37 Å². The van der Waals surface area contributed by atoms with Crippen molar-refractivity contribution in [2.75, 3.05) is 19.9 Å². The molecule has 0 bridgehead atoms. The summed E-state index contributed by atoms with van der Waals surface area (Å²) in [5.74, 6) is 0.535. The van der Waals surface area contributed by atoms with Crippen LogP contribution in [-0.2, 0) is 9.09 Å². The molecule has 0 aliphatic rings. The van der Waals surface area contributed by atoms with Crippen molar-refractivity contribution in [2.24, 2.45) is 5.92 Å². The minimum absolute atomic E-state index is 0.535. The molecule has 0 saturated heterocycles. The van der Waals surface area contributed by atoms with E-state index >= 15 is 0 Å². The number of rotatable bonds is 5. The molecule has 2 nitrogen and oxygen atoms in total. The second-order valence-electron chi connectivity index (χ2n) is 3.44. The van der Waals surface area contributed by atoms with E-state index in [1.165, 1.54) is 6.42 Å². The Morgan fingerprint density at radius 3 is 2.36 bits per heavy atom. The molecule has 1 unspecified atom stereocenters. The lowest BCUT2D eigenvalue weighted by Gasteiger charge is -2.13. The van der Waals surface area contributed by atoms with Gasteiger partial charge in [-0.1, -0.05) is 20.3 Å². The van der Waals surface area contributed by atoms with Crippen LogP contribution in [0.5, 0.6) is 0 Å². The van der Waals surface area contributed by atoms with Gasteiger partial charge >= 0.3 is 0 Å². The van der Waals surface area contributed by atoms with Crippen LogP contribution in [0.25, 0.3) is 0 Å². The lowest BCUT2D eigenvalue weighted by atomic mass is 10.1. The third-order valence-corrected chi connectivity index (χ3v) is 2.22. The van der Waals surface area contributed by atoms with E-state index in [0.717, 1.165) is 6.42 Å². The molecular formula is C8H19O2P. The SMILES string of the molecule is CCCC(C)COP(C)(C)=O. The Morgan fingerprint density at radius 1 is 1.45 bits per heavy atom. The largest absolute Gasteiger partial charge is 0.329 e. The molecule has 0 spiro atoms. The van der Waals surface area contributed by atoms with E-state index in [2.05, 4.69) is 13.8 Å². The zero-order valence-corrected chi connectivity index (χ0v) is 8.86. The van der Waals surface area contributed by atoms with E-state index in [1.54, 1.807) is 13.3 Å². The standard InChI is InChI=1S/C8H19O2P/c1-5-6-8(2)7-10-11(3,4)9/h8H,5-7H2,1-4H3. The second kappa shape index (κ2) is 4.95. The fourth-order valence-corrected chi connectivity index (χ4v) is 1.50. The summed E-state index contributed by atoms with van der Waals surface area (Å²) < 4.78 is 16.3. The highest BCUT2D eigenvalue weighted by Gasteiger charge is 2.09. The Labute approximate surface area is 69.8 Å². The first kappa shape index (κ1) is 11.2. The van der Waals surface area contributed by atoms with Gasteiger partial charge in [0.2, 0.25) is 0 Å². The van der Waals surface area contributed by atoms with Gasteiger partial charge in [0.25, 0.3) is 0 Å². The Kier molecular flexibility index (Phi) is 5.03. The van der Waals surface area contributed by atoms with Crippen LogP contribution in [0, 0.1) is 5.92 Å². The van der Waals surface area contributed by atoms with Gasteiger partial charge in [0.1, 0.15) is 0 Å². The van der Waals surface area contributed by atoms with Crippen molar-refractivity contribution in [3.8, 4) is 0 Å². The maximum Gasteiger partial charge on any atom is 0.197 e. The molecule has 0 aliphatic heterocycles. The van der Waals surface area contributed by atoms with Crippen LogP contribution in [0.3, 0.4) is 0 Å². The molecule has 3 heteroatoms. The molecule has 0 fully saturated rings. The van der Waals surface area contributed by atoms with Crippen LogP contribution >= 0.6 is 7.37 Å². The summed E-state index contributed by atoms with van der Waals surface area (Å²) in [6.07, 6.45) is 2.32. The van der Waals surface area contributed by atoms with E-state index in [-0.39, 0.29) is 0 Å². The highest BCUT2D eigenvalue weighted by Crippen LogP contribution is 2.37. The van der Waals surface area contributed by atoms with Gasteiger partial charge in [-0.05, 0) is 12.3 Å². The maximum absolute atomic E-state index is 11.1. The molecule has 0 amide bonds. The number of hydrogen-bond donors (Lipinski definition) is 0. The topological polar surface area (TPSA) is 26.3 Å². The van der Waals surface area contributed by atoms with Crippen molar-refractivity contribution in [1.29, 1.82) is 0 Å². The molecule has 0 saturated carbocycles. The first-order chi connectivity index (χ1) is 4.95. The molecular weight excluding hydrogens is 159 g/mol. The van der Waals surface area contributed by atoms with E-state index in [4.69, 9.17) is 4.52 Å². The van der Waals surface area contributed by atoms with Crippen LogP contribution in [0.15, 0.2) is 0 Å². The summed E-state index contributed by atoms with van der Waals surface area (Å²) in [5.41, 5.74) is 0. The van der Waals surface area contributed by atoms with Gasteiger partial charge in [0.05, 0.1) is 6.61 Å². The zero-order chi connectivity index (χ0) is 8.91. The summed E-state index contributed by atoms with van der Waals surface area (Å²) in [5, 5.41) is 0. The van der Waals surface area contributed by atoms with E-state index in [1.807, 2.05) is 0 Å². The van der Waals surface area contributed by atoms with Crippen LogP contribution in [0.4, 0.5) is 0 Å². The Morgan fingerprint density at radius 2 is 2.00 bits per heavy atom.